The zero-order valence-electron chi connectivity index (χ0n) is 13.7. The Balaban J connectivity index is 1.67. The summed E-state index contributed by atoms with van der Waals surface area (Å²) in [7, 11) is -3.44. The molecule has 2 aliphatic heterocycles. The molecule has 1 atom stereocenters. The van der Waals surface area contributed by atoms with Crippen LogP contribution >= 0.6 is 0 Å². The number of nitrogens with zero attached hydrogens (tertiary/aromatic N) is 5. The van der Waals surface area contributed by atoms with Crippen molar-refractivity contribution in [1.82, 2.24) is 23.2 Å². The molecule has 0 aromatic carbocycles. The lowest BCUT2D eigenvalue weighted by atomic mass is 10.2. The molecule has 0 radical (unpaired) electrons. The Kier molecular flexibility index (Phi) is 4.28. The highest BCUT2D eigenvalue weighted by Gasteiger charge is 2.40. The van der Waals surface area contributed by atoms with E-state index in [9.17, 15) is 8.42 Å². The van der Waals surface area contributed by atoms with Crippen molar-refractivity contribution in [3.05, 3.63) is 30.2 Å². The average Bonchev–Trinajstić information content (AvgIpc) is 3.13. The second kappa shape index (κ2) is 6.42. The Morgan fingerprint density at radius 1 is 0.958 bits per heavy atom. The van der Waals surface area contributed by atoms with E-state index in [1.54, 1.807) is 8.61 Å². The zero-order chi connectivity index (χ0) is 16.6. The Hall–Kier alpha value is -1.51. The van der Waals surface area contributed by atoms with E-state index in [1.165, 1.54) is 0 Å². The molecule has 7 nitrogen and oxygen atoms in total. The monoisotopic (exact) mass is 349 g/mol. The summed E-state index contributed by atoms with van der Waals surface area (Å²) in [6.07, 6.45) is 7.69. The summed E-state index contributed by atoms with van der Waals surface area (Å²) >= 11 is 0. The molecule has 4 heterocycles. The van der Waals surface area contributed by atoms with Crippen LogP contribution in [0, 0.1) is 0 Å². The Morgan fingerprint density at radius 2 is 1.75 bits per heavy atom. The second-order valence-corrected chi connectivity index (χ2v) is 8.46. The van der Waals surface area contributed by atoms with Crippen LogP contribution in [0.25, 0.3) is 5.65 Å². The van der Waals surface area contributed by atoms with Gasteiger partial charge in [0.25, 0.3) is 10.2 Å². The molecule has 130 valence electrons. The van der Waals surface area contributed by atoms with Crippen LogP contribution in [0.5, 0.6) is 0 Å². The first kappa shape index (κ1) is 16.0. The molecule has 2 aromatic rings. The molecule has 0 N–H and O–H groups in total. The molecule has 2 fully saturated rings. The maximum atomic E-state index is 13.2. The van der Waals surface area contributed by atoms with Crippen LogP contribution < -0.4 is 0 Å². The van der Waals surface area contributed by atoms with Gasteiger partial charge >= 0.3 is 0 Å². The Morgan fingerprint density at radius 3 is 2.54 bits per heavy atom. The second-order valence-electron chi connectivity index (χ2n) is 6.58. The first-order valence-corrected chi connectivity index (χ1v) is 10.1. The Labute approximate surface area is 142 Å². The first-order valence-electron chi connectivity index (χ1n) is 8.74. The zero-order valence-corrected chi connectivity index (χ0v) is 14.5. The molecule has 2 saturated heterocycles. The minimum atomic E-state index is -3.44. The molecule has 2 aromatic heterocycles. The molecular formula is C16H23N5O2S. The molecular weight excluding hydrogens is 326 g/mol. The number of aromatic nitrogens is 3. The SMILES string of the molecule is O=S(=O)(N1CCCCCC1)N1CCC[C@@H]1c1nnc2ccccn12. The lowest BCUT2D eigenvalue weighted by molar-refractivity contribution is 0.323. The van der Waals surface area contributed by atoms with Crippen LogP contribution in [-0.4, -0.2) is 51.3 Å². The highest BCUT2D eigenvalue weighted by Crippen LogP contribution is 2.35. The lowest BCUT2D eigenvalue weighted by Gasteiger charge is -2.29. The minimum absolute atomic E-state index is 0.226. The van der Waals surface area contributed by atoms with E-state index in [0.717, 1.165) is 50.0 Å². The van der Waals surface area contributed by atoms with Gasteiger partial charge in [0.05, 0.1) is 6.04 Å². The van der Waals surface area contributed by atoms with Crippen molar-refractivity contribution < 1.29 is 8.42 Å². The third-order valence-corrected chi connectivity index (χ3v) is 7.08. The van der Waals surface area contributed by atoms with E-state index in [2.05, 4.69) is 10.2 Å². The summed E-state index contributed by atoms with van der Waals surface area (Å²) in [5.74, 6) is 0.724. The maximum absolute atomic E-state index is 13.2. The molecule has 0 bridgehead atoms. The third kappa shape index (κ3) is 2.72. The van der Waals surface area contributed by atoms with Crippen LogP contribution in [0.15, 0.2) is 24.4 Å². The molecule has 0 unspecified atom stereocenters. The van der Waals surface area contributed by atoms with E-state index in [1.807, 2.05) is 28.8 Å². The van der Waals surface area contributed by atoms with Crippen molar-refractivity contribution in [2.45, 2.75) is 44.6 Å². The van der Waals surface area contributed by atoms with Crippen molar-refractivity contribution in [1.29, 1.82) is 0 Å². The Bertz CT molecular complexity index is 811. The highest BCUT2D eigenvalue weighted by atomic mass is 32.2. The molecule has 4 rings (SSSR count). The van der Waals surface area contributed by atoms with Crippen molar-refractivity contribution in [3.8, 4) is 0 Å². The number of pyridine rings is 1. The van der Waals surface area contributed by atoms with Gasteiger partial charge in [-0.3, -0.25) is 4.40 Å². The van der Waals surface area contributed by atoms with Gasteiger partial charge in [0, 0.05) is 25.8 Å². The number of rotatable bonds is 3. The van der Waals surface area contributed by atoms with Gasteiger partial charge in [0.1, 0.15) is 0 Å². The summed E-state index contributed by atoms with van der Waals surface area (Å²) in [6, 6.07) is 5.49. The van der Waals surface area contributed by atoms with Gasteiger partial charge in [-0.25, -0.2) is 0 Å². The fourth-order valence-corrected chi connectivity index (χ4v) is 5.68. The van der Waals surface area contributed by atoms with Crippen LogP contribution in [-0.2, 0) is 10.2 Å². The van der Waals surface area contributed by atoms with Gasteiger partial charge < -0.3 is 0 Å². The smallest absolute Gasteiger partial charge is 0.282 e. The average molecular weight is 349 g/mol. The van der Waals surface area contributed by atoms with Crippen LogP contribution in [0.1, 0.15) is 50.4 Å². The summed E-state index contributed by atoms with van der Waals surface area (Å²) in [6.45, 7) is 1.82. The highest BCUT2D eigenvalue weighted by molar-refractivity contribution is 7.86. The van der Waals surface area contributed by atoms with Gasteiger partial charge in [-0.2, -0.15) is 17.0 Å². The van der Waals surface area contributed by atoms with E-state index in [4.69, 9.17) is 0 Å². The van der Waals surface area contributed by atoms with Gasteiger partial charge in [-0.1, -0.05) is 18.9 Å². The molecule has 24 heavy (non-hydrogen) atoms. The predicted molar refractivity (Wildman–Crippen MR) is 90.6 cm³/mol. The minimum Gasteiger partial charge on any atom is -0.285 e. The predicted octanol–water partition coefficient (Wildman–Crippen LogP) is 1.99. The van der Waals surface area contributed by atoms with Crippen LogP contribution in [0.4, 0.5) is 0 Å². The third-order valence-electron chi connectivity index (χ3n) is 5.03. The van der Waals surface area contributed by atoms with Crippen molar-refractivity contribution in [3.63, 3.8) is 0 Å². The van der Waals surface area contributed by atoms with E-state index >= 15 is 0 Å². The van der Waals surface area contributed by atoms with Crippen molar-refractivity contribution in [2.75, 3.05) is 19.6 Å². The van der Waals surface area contributed by atoms with Gasteiger partial charge in [0.2, 0.25) is 0 Å². The summed E-state index contributed by atoms with van der Waals surface area (Å²) < 4.78 is 31.6. The normalized spacial score (nSPS) is 24.4. The van der Waals surface area contributed by atoms with Crippen molar-refractivity contribution >= 4 is 15.9 Å². The quantitative estimate of drug-likeness (QED) is 0.850. The van der Waals surface area contributed by atoms with Gasteiger partial charge in [-0.15, -0.1) is 10.2 Å². The number of hydrogen-bond acceptors (Lipinski definition) is 4. The molecule has 0 spiro atoms. The molecule has 0 saturated carbocycles. The maximum Gasteiger partial charge on any atom is 0.282 e. The molecule has 0 aliphatic carbocycles. The van der Waals surface area contributed by atoms with E-state index in [0.29, 0.717) is 19.6 Å². The first-order chi connectivity index (χ1) is 11.7. The van der Waals surface area contributed by atoms with Crippen LogP contribution in [0.2, 0.25) is 0 Å². The number of hydrogen-bond donors (Lipinski definition) is 0. The largest absolute Gasteiger partial charge is 0.285 e. The van der Waals surface area contributed by atoms with Crippen LogP contribution in [0.3, 0.4) is 0 Å². The van der Waals surface area contributed by atoms with Crippen molar-refractivity contribution in [2.24, 2.45) is 0 Å². The fraction of sp³-hybridized carbons (Fsp3) is 0.625. The number of fused-ring (bicyclic) bond motifs is 1. The van der Waals surface area contributed by atoms with E-state index in [-0.39, 0.29) is 6.04 Å². The van der Waals surface area contributed by atoms with E-state index < -0.39 is 10.2 Å². The molecule has 0 amide bonds. The standard InChI is InChI=1S/C16H23N5O2S/c22-24(23,19-10-4-1-2-5-11-19)21-13-7-8-14(21)16-18-17-15-9-3-6-12-20(15)16/h3,6,9,12,14H,1-2,4-5,7-8,10-11,13H2/t14-/m1/s1. The molecule has 2 aliphatic rings. The summed E-state index contributed by atoms with van der Waals surface area (Å²) in [4.78, 5) is 0. The fourth-order valence-electron chi connectivity index (χ4n) is 3.78. The summed E-state index contributed by atoms with van der Waals surface area (Å²) in [5, 5.41) is 8.48. The topological polar surface area (TPSA) is 70.8 Å². The van der Waals surface area contributed by atoms with Gasteiger partial charge in [-0.05, 0) is 37.8 Å². The van der Waals surface area contributed by atoms with Gasteiger partial charge in [0.15, 0.2) is 11.5 Å². The summed E-state index contributed by atoms with van der Waals surface area (Å²) in [5.41, 5.74) is 0.756. The molecule has 8 heteroatoms. The lowest BCUT2D eigenvalue weighted by Crippen LogP contribution is -2.44.